The van der Waals surface area contributed by atoms with Crippen molar-refractivity contribution in [2.75, 3.05) is 13.1 Å². The van der Waals surface area contributed by atoms with Crippen molar-refractivity contribution in [3.63, 3.8) is 0 Å². The summed E-state index contributed by atoms with van der Waals surface area (Å²) in [5, 5.41) is 10.1. The van der Waals surface area contributed by atoms with Crippen LogP contribution in [-0.2, 0) is 11.2 Å². The van der Waals surface area contributed by atoms with Crippen LogP contribution in [0.2, 0.25) is 5.02 Å². The van der Waals surface area contributed by atoms with Gasteiger partial charge in [-0.15, -0.1) is 0 Å². The van der Waals surface area contributed by atoms with Crippen LogP contribution in [-0.4, -0.2) is 41.2 Å². The van der Waals surface area contributed by atoms with Gasteiger partial charge < -0.3 is 9.84 Å². The molecule has 0 spiro atoms. The Morgan fingerprint density at radius 3 is 3.10 bits per heavy atom. The number of halogens is 1. The van der Waals surface area contributed by atoms with Crippen LogP contribution < -0.4 is 4.74 Å². The maximum absolute atomic E-state index is 11.4. The van der Waals surface area contributed by atoms with Gasteiger partial charge >= 0.3 is 5.97 Å². The lowest BCUT2D eigenvalue weighted by Crippen LogP contribution is -2.43. The van der Waals surface area contributed by atoms with Crippen LogP contribution in [0.5, 0.6) is 5.75 Å². The Morgan fingerprint density at radius 1 is 1.55 bits per heavy atom. The minimum absolute atomic E-state index is 0.0237. The minimum Gasteiger partial charge on any atom is -0.488 e. The number of benzene rings is 1. The van der Waals surface area contributed by atoms with Gasteiger partial charge in [-0.05, 0) is 42.6 Å². The van der Waals surface area contributed by atoms with E-state index in [0.717, 1.165) is 30.7 Å². The molecule has 108 valence electrons. The van der Waals surface area contributed by atoms with Gasteiger partial charge in [0.05, 0.1) is 0 Å². The molecule has 0 aromatic heterocycles. The third kappa shape index (κ3) is 2.50. The maximum Gasteiger partial charge on any atom is 0.321 e. The molecule has 1 fully saturated rings. The SMILES string of the molecule is CC1CCN(CC2Cc3cc(Cl)ccc3O2)C1C(=O)O. The Morgan fingerprint density at radius 2 is 2.35 bits per heavy atom. The Hall–Kier alpha value is -1.26. The van der Waals surface area contributed by atoms with Gasteiger partial charge in [-0.2, -0.15) is 0 Å². The fraction of sp³-hybridized carbons (Fsp3) is 0.533. The molecule has 1 aromatic carbocycles. The number of ether oxygens (including phenoxy) is 1. The fourth-order valence-corrected chi connectivity index (χ4v) is 3.48. The van der Waals surface area contributed by atoms with Crippen molar-refractivity contribution in [2.24, 2.45) is 5.92 Å². The predicted molar refractivity (Wildman–Crippen MR) is 76.3 cm³/mol. The van der Waals surface area contributed by atoms with Crippen LogP contribution in [0.4, 0.5) is 0 Å². The van der Waals surface area contributed by atoms with E-state index in [1.165, 1.54) is 0 Å². The van der Waals surface area contributed by atoms with Crippen LogP contribution in [0.15, 0.2) is 18.2 Å². The summed E-state index contributed by atoms with van der Waals surface area (Å²) in [6.45, 7) is 3.49. The van der Waals surface area contributed by atoms with E-state index in [1.54, 1.807) is 0 Å². The number of carboxylic acid groups (broad SMARTS) is 1. The molecule has 2 aliphatic rings. The van der Waals surface area contributed by atoms with Crippen molar-refractivity contribution in [3.8, 4) is 5.75 Å². The van der Waals surface area contributed by atoms with Crippen LogP contribution in [0.1, 0.15) is 18.9 Å². The van der Waals surface area contributed by atoms with E-state index in [2.05, 4.69) is 0 Å². The smallest absolute Gasteiger partial charge is 0.321 e. The largest absolute Gasteiger partial charge is 0.488 e. The van der Waals surface area contributed by atoms with Gasteiger partial charge in [0.25, 0.3) is 0 Å². The van der Waals surface area contributed by atoms with Gasteiger partial charge in [-0.25, -0.2) is 0 Å². The Labute approximate surface area is 123 Å². The van der Waals surface area contributed by atoms with Crippen LogP contribution in [0.25, 0.3) is 0 Å². The van der Waals surface area contributed by atoms with Crippen molar-refractivity contribution in [1.29, 1.82) is 0 Å². The monoisotopic (exact) mass is 295 g/mol. The molecule has 4 nitrogen and oxygen atoms in total. The molecule has 20 heavy (non-hydrogen) atoms. The summed E-state index contributed by atoms with van der Waals surface area (Å²) in [5.74, 6) is 0.345. The lowest BCUT2D eigenvalue weighted by molar-refractivity contribution is -0.143. The standard InChI is InChI=1S/C15H18ClNO3/c1-9-4-5-17(14(9)15(18)19)8-12-7-10-6-11(16)2-3-13(10)20-12/h2-3,6,9,12,14H,4-5,7-8H2,1H3,(H,18,19). The van der Waals surface area contributed by atoms with E-state index in [9.17, 15) is 9.90 Å². The highest BCUT2D eigenvalue weighted by molar-refractivity contribution is 6.30. The van der Waals surface area contributed by atoms with Gasteiger partial charge in [0.2, 0.25) is 0 Å². The first-order chi connectivity index (χ1) is 9.54. The number of likely N-dealkylation sites (tertiary alicyclic amines) is 1. The van der Waals surface area contributed by atoms with E-state index >= 15 is 0 Å². The third-order valence-corrected chi connectivity index (χ3v) is 4.49. The third-order valence-electron chi connectivity index (χ3n) is 4.26. The van der Waals surface area contributed by atoms with Crippen LogP contribution in [0, 0.1) is 5.92 Å². The Kier molecular flexibility index (Phi) is 3.61. The molecule has 2 aliphatic heterocycles. The average Bonchev–Trinajstić information content (AvgIpc) is 2.92. The summed E-state index contributed by atoms with van der Waals surface area (Å²) in [6, 6.07) is 5.25. The van der Waals surface area contributed by atoms with E-state index < -0.39 is 5.97 Å². The summed E-state index contributed by atoms with van der Waals surface area (Å²) in [5.41, 5.74) is 1.11. The molecule has 5 heteroatoms. The number of hydrogen-bond donors (Lipinski definition) is 1. The normalized spacial score (nSPS) is 29.2. The zero-order valence-corrected chi connectivity index (χ0v) is 12.1. The summed E-state index contributed by atoms with van der Waals surface area (Å²) < 4.78 is 5.89. The quantitative estimate of drug-likeness (QED) is 0.930. The first-order valence-electron chi connectivity index (χ1n) is 6.96. The first kappa shape index (κ1) is 13.7. The second-order valence-electron chi connectivity index (χ2n) is 5.74. The number of hydrogen-bond acceptors (Lipinski definition) is 3. The topological polar surface area (TPSA) is 49.8 Å². The molecule has 0 bridgehead atoms. The van der Waals surface area contributed by atoms with Crippen molar-refractivity contribution in [1.82, 2.24) is 4.90 Å². The Balaban J connectivity index is 1.67. The summed E-state index contributed by atoms with van der Waals surface area (Å²) in [7, 11) is 0. The van der Waals surface area contributed by atoms with Gasteiger partial charge in [0.15, 0.2) is 0 Å². The van der Waals surface area contributed by atoms with Crippen molar-refractivity contribution >= 4 is 17.6 Å². The number of rotatable bonds is 3. The molecule has 0 amide bonds. The lowest BCUT2D eigenvalue weighted by Gasteiger charge is -2.25. The van der Waals surface area contributed by atoms with Crippen molar-refractivity contribution < 1.29 is 14.6 Å². The predicted octanol–water partition coefficient (Wildman–Crippen LogP) is 2.44. The van der Waals surface area contributed by atoms with Gasteiger partial charge in [0, 0.05) is 18.0 Å². The molecule has 0 aliphatic carbocycles. The number of carboxylic acids is 1. The lowest BCUT2D eigenvalue weighted by atomic mass is 10.0. The minimum atomic E-state index is -0.728. The summed E-state index contributed by atoms with van der Waals surface area (Å²) in [6.07, 6.45) is 1.76. The van der Waals surface area contributed by atoms with E-state index in [0.29, 0.717) is 11.6 Å². The van der Waals surface area contributed by atoms with Gasteiger partial charge in [-0.1, -0.05) is 18.5 Å². The fourth-order valence-electron chi connectivity index (χ4n) is 3.28. The van der Waals surface area contributed by atoms with Gasteiger partial charge in [-0.3, -0.25) is 9.69 Å². The highest BCUT2D eigenvalue weighted by Crippen LogP contribution is 2.33. The summed E-state index contributed by atoms with van der Waals surface area (Å²) in [4.78, 5) is 13.4. The first-order valence-corrected chi connectivity index (χ1v) is 7.34. The molecular formula is C15H18ClNO3. The van der Waals surface area contributed by atoms with E-state index in [1.807, 2.05) is 30.0 Å². The number of aliphatic carboxylic acids is 1. The molecule has 0 saturated carbocycles. The maximum atomic E-state index is 11.4. The number of carbonyl (C=O) groups is 1. The molecule has 1 N–H and O–H groups in total. The van der Waals surface area contributed by atoms with Crippen LogP contribution in [0.3, 0.4) is 0 Å². The average molecular weight is 296 g/mol. The molecular weight excluding hydrogens is 278 g/mol. The number of nitrogens with zero attached hydrogens (tertiary/aromatic N) is 1. The molecule has 1 saturated heterocycles. The van der Waals surface area contributed by atoms with E-state index in [4.69, 9.17) is 16.3 Å². The molecule has 0 radical (unpaired) electrons. The van der Waals surface area contributed by atoms with Crippen LogP contribution >= 0.6 is 11.6 Å². The molecule has 3 rings (SSSR count). The number of fused-ring (bicyclic) bond motifs is 1. The van der Waals surface area contributed by atoms with E-state index in [-0.39, 0.29) is 18.1 Å². The zero-order chi connectivity index (χ0) is 14.3. The van der Waals surface area contributed by atoms with Gasteiger partial charge in [0.1, 0.15) is 17.9 Å². The zero-order valence-electron chi connectivity index (χ0n) is 11.4. The second kappa shape index (κ2) is 5.26. The van der Waals surface area contributed by atoms with Crippen molar-refractivity contribution in [3.05, 3.63) is 28.8 Å². The summed E-state index contributed by atoms with van der Waals surface area (Å²) >= 11 is 5.98. The second-order valence-corrected chi connectivity index (χ2v) is 6.18. The van der Waals surface area contributed by atoms with Crippen molar-refractivity contribution in [2.45, 2.75) is 31.9 Å². The molecule has 2 heterocycles. The molecule has 3 atom stereocenters. The molecule has 1 aromatic rings. The highest BCUT2D eigenvalue weighted by atomic mass is 35.5. The highest BCUT2D eigenvalue weighted by Gasteiger charge is 2.38. The Bertz CT molecular complexity index is 534. The molecule has 3 unspecified atom stereocenters.